The van der Waals surface area contributed by atoms with Crippen LogP contribution in [0.5, 0.6) is 0 Å². The fourth-order valence-corrected chi connectivity index (χ4v) is 1.32. The molecule has 1 atom stereocenters. The zero-order valence-electron chi connectivity index (χ0n) is 8.41. The first kappa shape index (κ1) is 12.7. The van der Waals surface area contributed by atoms with Crippen molar-refractivity contribution >= 4 is 0 Å². The summed E-state index contributed by atoms with van der Waals surface area (Å²) in [6.07, 6.45) is 8.55. The Kier molecular flexibility index (Phi) is 9.49. The van der Waals surface area contributed by atoms with E-state index in [9.17, 15) is 5.11 Å². The second-order valence-electron chi connectivity index (χ2n) is 3.45. The monoisotopic (exact) mass is 186 g/mol. The fraction of sp³-hybridized carbons (Fsp3) is 0.818. The number of rotatable bonds is 9. The second-order valence-corrected chi connectivity index (χ2v) is 3.45. The van der Waals surface area contributed by atoms with E-state index in [0.29, 0.717) is 6.42 Å². The number of aliphatic hydroxyl groups excluding tert-OH is 2. The molecule has 2 nitrogen and oxygen atoms in total. The van der Waals surface area contributed by atoms with Crippen molar-refractivity contribution in [1.29, 1.82) is 0 Å². The van der Waals surface area contributed by atoms with Crippen LogP contribution < -0.4 is 0 Å². The van der Waals surface area contributed by atoms with E-state index in [4.69, 9.17) is 5.11 Å². The van der Waals surface area contributed by atoms with Crippen LogP contribution in [0.1, 0.15) is 44.9 Å². The summed E-state index contributed by atoms with van der Waals surface area (Å²) in [6.45, 7) is 3.84. The van der Waals surface area contributed by atoms with Gasteiger partial charge in [0, 0.05) is 6.61 Å². The van der Waals surface area contributed by atoms with E-state index in [1.54, 1.807) is 0 Å². The van der Waals surface area contributed by atoms with E-state index in [2.05, 4.69) is 6.58 Å². The summed E-state index contributed by atoms with van der Waals surface area (Å²) in [5.41, 5.74) is 0. The Morgan fingerprint density at radius 1 is 1.08 bits per heavy atom. The molecule has 0 radical (unpaired) electrons. The first-order valence-electron chi connectivity index (χ1n) is 5.21. The third kappa shape index (κ3) is 9.57. The molecule has 1 unspecified atom stereocenters. The first-order valence-corrected chi connectivity index (χ1v) is 5.21. The Labute approximate surface area is 81.3 Å². The van der Waals surface area contributed by atoms with Gasteiger partial charge in [0.05, 0.1) is 6.10 Å². The van der Waals surface area contributed by atoms with Crippen molar-refractivity contribution in [1.82, 2.24) is 0 Å². The molecule has 2 heteroatoms. The van der Waals surface area contributed by atoms with Gasteiger partial charge >= 0.3 is 0 Å². The zero-order valence-corrected chi connectivity index (χ0v) is 8.41. The van der Waals surface area contributed by atoms with Crippen molar-refractivity contribution in [3.8, 4) is 0 Å². The highest BCUT2D eigenvalue weighted by Gasteiger charge is 2.02. The Morgan fingerprint density at radius 3 is 2.38 bits per heavy atom. The highest BCUT2D eigenvalue weighted by Crippen LogP contribution is 2.09. The minimum Gasteiger partial charge on any atom is -0.396 e. The van der Waals surface area contributed by atoms with E-state index >= 15 is 0 Å². The highest BCUT2D eigenvalue weighted by molar-refractivity contribution is 4.65. The molecule has 0 fully saturated rings. The summed E-state index contributed by atoms with van der Waals surface area (Å²) in [5.74, 6) is 0. The number of allylic oxidation sites excluding steroid dienone is 1. The predicted octanol–water partition coefficient (Wildman–Crippen LogP) is 2.26. The van der Waals surface area contributed by atoms with E-state index in [-0.39, 0.29) is 12.7 Å². The smallest absolute Gasteiger partial charge is 0.0541 e. The molecule has 13 heavy (non-hydrogen) atoms. The summed E-state index contributed by atoms with van der Waals surface area (Å²) >= 11 is 0. The third-order valence-corrected chi connectivity index (χ3v) is 2.14. The summed E-state index contributed by atoms with van der Waals surface area (Å²) < 4.78 is 0. The van der Waals surface area contributed by atoms with Gasteiger partial charge in [0.15, 0.2) is 0 Å². The topological polar surface area (TPSA) is 40.5 Å². The van der Waals surface area contributed by atoms with Crippen LogP contribution in [0.15, 0.2) is 12.7 Å². The van der Waals surface area contributed by atoms with Crippen LogP contribution in [-0.2, 0) is 0 Å². The molecule has 0 saturated heterocycles. The first-order chi connectivity index (χ1) is 6.31. The van der Waals surface area contributed by atoms with Crippen LogP contribution >= 0.6 is 0 Å². The minimum atomic E-state index is -0.212. The molecule has 0 aliphatic heterocycles. The van der Waals surface area contributed by atoms with Crippen LogP contribution in [0.2, 0.25) is 0 Å². The summed E-state index contributed by atoms with van der Waals surface area (Å²) in [5, 5.41) is 17.9. The van der Waals surface area contributed by atoms with Crippen LogP contribution in [0.4, 0.5) is 0 Å². The third-order valence-electron chi connectivity index (χ3n) is 2.14. The van der Waals surface area contributed by atoms with Gasteiger partial charge in [0.25, 0.3) is 0 Å². The van der Waals surface area contributed by atoms with E-state index < -0.39 is 0 Å². The maximum absolute atomic E-state index is 9.41. The molecule has 0 bridgehead atoms. The van der Waals surface area contributed by atoms with Crippen LogP contribution in [-0.4, -0.2) is 22.9 Å². The molecule has 0 aliphatic rings. The molecule has 0 saturated carbocycles. The molecular weight excluding hydrogens is 164 g/mol. The Morgan fingerprint density at radius 2 is 1.77 bits per heavy atom. The van der Waals surface area contributed by atoms with Gasteiger partial charge in [-0.15, -0.1) is 6.58 Å². The highest BCUT2D eigenvalue weighted by atomic mass is 16.3. The summed E-state index contributed by atoms with van der Waals surface area (Å²) in [6, 6.07) is 0. The van der Waals surface area contributed by atoms with Crippen molar-refractivity contribution < 1.29 is 10.2 Å². The Balaban J connectivity index is 3.07. The largest absolute Gasteiger partial charge is 0.396 e. The van der Waals surface area contributed by atoms with E-state index in [0.717, 1.165) is 25.7 Å². The number of hydrogen-bond donors (Lipinski definition) is 2. The lowest BCUT2D eigenvalue weighted by molar-refractivity contribution is 0.138. The molecule has 0 rings (SSSR count). The average Bonchev–Trinajstić information content (AvgIpc) is 2.14. The van der Waals surface area contributed by atoms with Crippen molar-refractivity contribution in [2.45, 2.75) is 51.0 Å². The molecular formula is C11H22O2. The summed E-state index contributed by atoms with van der Waals surface area (Å²) in [7, 11) is 0. The van der Waals surface area contributed by atoms with Gasteiger partial charge in [-0.2, -0.15) is 0 Å². The minimum absolute atomic E-state index is 0.188. The molecule has 0 spiro atoms. The molecule has 0 aromatic heterocycles. The number of aliphatic hydroxyl groups is 2. The lowest BCUT2D eigenvalue weighted by Crippen LogP contribution is -2.06. The molecule has 0 amide bonds. The van der Waals surface area contributed by atoms with Gasteiger partial charge in [-0.05, 0) is 32.1 Å². The quantitative estimate of drug-likeness (QED) is 0.428. The fourth-order valence-electron chi connectivity index (χ4n) is 1.32. The van der Waals surface area contributed by atoms with Gasteiger partial charge in [0.2, 0.25) is 0 Å². The summed E-state index contributed by atoms with van der Waals surface area (Å²) in [4.78, 5) is 0. The lowest BCUT2D eigenvalue weighted by atomic mass is 10.1. The van der Waals surface area contributed by atoms with Crippen molar-refractivity contribution in [2.24, 2.45) is 0 Å². The van der Waals surface area contributed by atoms with E-state index in [1.165, 1.54) is 12.8 Å². The Hall–Kier alpha value is -0.340. The van der Waals surface area contributed by atoms with Crippen molar-refractivity contribution in [3.63, 3.8) is 0 Å². The van der Waals surface area contributed by atoms with E-state index in [1.807, 2.05) is 6.08 Å². The zero-order chi connectivity index (χ0) is 9.94. The van der Waals surface area contributed by atoms with Crippen LogP contribution in [0, 0.1) is 0 Å². The molecule has 0 aromatic rings. The molecule has 2 N–H and O–H groups in total. The normalized spacial score (nSPS) is 12.8. The van der Waals surface area contributed by atoms with Gasteiger partial charge in [-0.3, -0.25) is 0 Å². The molecule has 0 heterocycles. The van der Waals surface area contributed by atoms with Crippen LogP contribution in [0.3, 0.4) is 0 Å². The predicted molar refractivity (Wildman–Crippen MR) is 55.6 cm³/mol. The SMILES string of the molecule is C=CCCCCCC(O)CCCO. The van der Waals surface area contributed by atoms with Crippen LogP contribution in [0.25, 0.3) is 0 Å². The maximum atomic E-state index is 9.41. The van der Waals surface area contributed by atoms with Gasteiger partial charge < -0.3 is 10.2 Å². The standard InChI is InChI=1S/C11H22O2/c1-2-3-4-5-6-8-11(13)9-7-10-12/h2,11-13H,1,3-10H2. The van der Waals surface area contributed by atoms with Gasteiger partial charge in [-0.25, -0.2) is 0 Å². The van der Waals surface area contributed by atoms with Crippen molar-refractivity contribution in [2.75, 3.05) is 6.61 Å². The van der Waals surface area contributed by atoms with Crippen molar-refractivity contribution in [3.05, 3.63) is 12.7 Å². The molecule has 0 aliphatic carbocycles. The molecule has 78 valence electrons. The lowest BCUT2D eigenvalue weighted by Gasteiger charge is -2.08. The Bertz CT molecular complexity index is 113. The number of hydrogen-bond acceptors (Lipinski definition) is 2. The number of unbranched alkanes of at least 4 members (excludes halogenated alkanes) is 3. The second kappa shape index (κ2) is 9.75. The van der Waals surface area contributed by atoms with Gasteiger partial charge in [-0.1, -0.05) is 18.9 Å². The average molecular weight is 186 g/mol. The van der Waals surface area contributed by atoms with Gasteiger partial charge in [0.1, 0.15) is 0 Å². The molecule has 0 aromatic carbocycles. The maximum Gasteiger partial charge on any atom is 0.0541 e.